The summed E-state index contributed by atoms with van der Waals surface area (Å²) in [6.07, 6.45) is 4.73. The summed E-state index contributed by atoms with van der Waals surface area (Å²) in [4.78, 5) is 28.8. The van der Waals surface area contributed by atoms with Crippen molar-refractivity contribution in [3.63, 3.8) is 0 Å². The number of likely N-dealkylation sites (N-methyl/N-ethyl adjacent to an activating group) is 1. The minimum absolute atomic E-state index is 0. The van der Waals surface area contributed by atoms with Gasteiger partial charge < -0.3 is 15.0 Å². The van der Waals surface area contributed by atoms with Gasteiger partial charge in [0.05, 0.1) is 26.3 Å². The number of likely N-dealkylation sites (tertiary alicyclic amines) is 1. The number of sulfonamides is 1. The molecule has 2 aliphatic heterocycles. The first-order chi connectivity index (χ1) is 23.1. The zero-order chi connectivity index (χ0) is 35.9. The number of rotatable bonds is 10. The Hall–Kier alpha value is -1.63. The minimum Gasteiger partial charge on any atom is -0.662 e. The van der Waals surface area contributed by atoms with E-state index in [2.05, 4.69) is 44.3 Å². The molecule has 50 heavy (non-hydrogen) atoms. The molecule has 2 aliphatic rings. The molecule has 1 N–H and O–H groups in total. The van der Waals surface area contributed by atoms with Gasteiger partial charge in [-0.1, -0.05) is 44.0 Å². The molecule has 0 bridgehead atoms. The molecule has 2 saturated heterocycles. The molecule has 18 heteroatoms. The standard InChI is InChI=1S/C18H24ClN3OS.C13H16ClN3O2S2.CH2O3.Na/c1-18(2,3)17(23)22-13(5-6-14-7-8-16(19)24-14)9-15(20-22)12-10-21(4)11-12;1-21(18,19)17-7-9(8-17)12-6-10(15-16-12)2-3-11-4-5-13(14)20-11;2-1-4-3;/h7-9,12H,5-6,10-11H2,1-4H3;4-6,9H,2-3,7-8H2,1H3,(H,15,16);1,3H;/q;;;+1/p-1. The van der Waals surface area contributed by atoms with Crippen LogP contribution in [-0.4, -0.2) is 89.5 Å². The summed E-state index contributed by atoms with van der Waals surface area (Å²) in [6, 6.07) is 12.1. The Morgan fingerprint density at radius 1 is 0.980 bits per heavy atom. The molecule has 0 spiro atoms. The monoisotopic (exact) mass is 794 g/mol. The summed E-state index contributed by atoms with van der Waals surface area (Å²) in [6.45, 7) is 8.73. The quantitative estimate of drug-likeness (QED) is 0.110. The molecule has 0 amide bonds. The summed E-state index contributed by atoms with van der Waals surface area (Å²) in [5.74, 6) is 0.709. The van der Waals surface area contributed by atoms with Crippen LogP contribution >= 0.6 is 45.9 Å². The van der Waals surface area contributed by atoms with Gasteiger partial charge in [0.15, 0.2) is 0 Å². The molecule has 0 atom stereocenters. The number of nitrogens with zero attached hydrogens (tertiary/aromatic N) is 5. The van der Waals surface area contributed by atoms with Crippen LogP contribution in [0.15, 0.2) is 36.4 Å². The summed E-state index contributed by atoms with van der Waals surface area (Å²) in [5.41, 5.74) is 3.64. The van der Waals surface area contributed by atoms with E-state index < -0.39 is 15.4 Å². The second-order valence-electron chi connectivity index (χ2n) is 13.1. The van der Waals surface area contributed by atoms with Crippen molar-refractivity contribution in [1.82, 2.24) is 29.2 Å². The summed E-state index contributed by atoms with van der Waals surface area (Å²) in [5, 5.41) is 20.4. The number of H-pyrrole nitrogens is 1. The van der Waals surface area contributed by atoms with Gasteiger partial charge in [0.25, 0.3) is 12.4 Å². The zero-order valence-electron chi connectivity index (χ0n) is 29.0. The fraction of sp³-hybridized carbons (Fsp3) is 0.500. The van der Waals surface area contributed by atoms with Gasteiger partial charge in [-0.15, -0.1) is 22.7 Å². The van der Waals surface area contributed by atoms with Crippen LogP contribution in [0.1, 0.15) is 69.9 Å². The van der Waals surface area contributed by atoms with Gasteiger partial charge >= 0.3 is 29.6 Å². The largest absolute Gasteiger partial charge is 1.00 e. The summed E-state index contributed by atoms with van der Waals surface area (Å²) < 4.78 is 27.4. The Balaban J connectivity index is 0.000000242. The third-order valence-corrected chi connectivity index (χ3v) is 11.9. The normalized spacial score (nSPS) is 15.4. The van der Waals surface area contributed by atoms with Gasteiger partial charge in [-0.05, 0) is 69.1 Å². The molecular formula is C32H41Cl2N6NaO6S3. The first-order valence-corrected chi connectivity index (χ1v) is 19.8. The van der Waals surface area contributed by atoms with Crippen molar-refractivity contribution >= 4 is 68.3 Å². The van der Waals surface area contributed by atoms with E-state index in [9.17, 15) is 13.2 Å². The number of carbonyl (C=O) groups is 2. The van der Waals surface area contributed by atoms with Gasteiger partial charge in [0, 0.05) is 64.6 Å². The molecular weight excluding hydrogens is 754 g/mol. The molecule has 6 heterocycles. The number of carbonyl (C=O) groups excluding carboxylic acids is 2. The maximum absolute atomic E-state index is 12.8. The molecule has 0 unspecified atom stereocenters. The molecule has 12 nitrogen and oxygen atoms in total. The number of thiophene rings is 2. The van der Waals surface area contributed by atoms with Gasteiger partial charge in [-0.2, -0.15) is 10.2 Å². The molecule has 268 valence electrons. The predicted octanol–water partition coefficient (Wildman–Crippen LogP) is 1.81. The molecule has 0 saturated carbocycles. The van der Waals surface area contributed by atoms with Crippen molar-refractivity contribution in [1.29, 1.82) is 0 Å². The van der Waals surface area contributed by atoms with Crippen LogP contribution in [0.4, 0.5) is 0 Å². The van der Waals surface area contributed by atoms with Crippen molar-refractivity contribution in [3.8, 4) is 0 Å². The van der Waals surface area contributed by atoms with E-state index in [4.69, 9.17) is 33.3 Å². The summed E-state index contributed by atoms with van der Waals surface area (Å²) >= 11 is 15.1. The number of hydrogen-bond donors (Lipinski definition) is 1. The fourth-order valence-electron chi connectivity index (χ4n) is 5.29. The number of hydrogen-bond acceptors (Lipinski definition) is 11. The van der Waals surface area contributed by atoms with E-state index in [0.717, 1.165) is 70.2 Å². The predicted molar refractivity (Wildman–Crippen MR) is 191 cm³/mol. The van der Waals surface area contributed by atoms with Crippen molar-refractivity contribution in [2.45, 2.75) is 58.3 Å². The van der Waals surface area contributed by atoms with Crippen LogP contribution in [0.25, 0.3) is 0 Å². The van der Waals surface area contributed by atoms with E-state index in [1.807, 2.05) is 45.0 Å². The van der Waals surface area contributed by atoms with Crippen molar-refractivity contribution < 1.29 is 57.7 Å². The molecule has 4 aromatic rings. The fourth-order valence-corrected chi connectivity index (χ4v) is 8.37. The number of halogens is 2. The molecule has 0 aromatic carbocycles. The van der Waals surface area contributed by atoms with E-state index in [1.54, 1.807) is 27.4 Å². The smallest absolute Gasteiger partial charge is 0.662 e. The van der Waals surface area contributed by atoms with Gasteiger partial charge in [0.2, 0.25) is 10.0 Å². The average molecular weight is 796 g/mol. The molecule has 6 rings (SSSR count). The Kier molecular flexibility index (Phi) is 16.2. The van der Waals surface area contributed by atoms with Crippen LogP contribution < -0.4 is 34.8 Å². The molecule has 2 fully saturated rings. The van der Waals surface area contributed by atoms with Gasteiger partial charge in [0.1, 0.15) is 0 Å². The maximum Gasteiger partial charge on any atom is 1.00 e. The zero-order valence-corrected chi connectivity index (χ0v) is 35.0. The van der Waals surface area contributed by atoms with Crippen molar-refractivity contribution in [2.75, 3.05) is 39.5 Å². The Bertz CT molecular complexity index is 1810. The van der Waals surface area contributed by atoms with E-state index in [-0.39, 0.29) is 47.9 Å². The van der Waals surface area contributed by atoms with E-state index in [0.29, 0.717) is 19.0 Å². The van der Waals surface area contributed by atoms with Crippen LogP contribution in [0.2, 0.25) is 8.67 Å². The Morgan fingerprint density at radius 2 is 1.52 bits per heavy atom. The maximum atomic E-state index is 12.8. The van der Waals surface area contributed by atoms with Crippen LogP contribution in [0.3, 0.4) is 0 Å². The van der Waals surface area contributed by atoms with Gasteiger partial charge in [-0.3, -0.25) is 14.7 Å². The number of aromatic amines is 1. The van der Waals surface area contributed by atoms with Crippen molar-refractivity contribution in [3.05, 3.63) is 77.6 Å². The molecule has 0 radical (unpaired) electrons. The van der Waals surface area contributed by atoms with Crippen LogP contribution in [-0.2, 0) is 45.4 Å². The first-order valence-electron chi connectivity index (χ1n) is 15.6. The molecule has 0 aliphatic carbocycles. The number of aryl methyl sites for hydroxylation is 4. The van der Waals surface area contributed by atoms with Crippen LogP contribution in [0.5, 0.6) is 0 Å². The number of nitrogens with one attached hydrogen (secondary N) is 1. The third kappa shape index (κ3) is 12.2. The second-order valence-corrected chi connectivity index (χ2v) is 18.7. The third-order valence-electron chi connectivity index (χ3n) is 8.07. The summed E-state index contributed by atoms with van der Waals surface area (Å²) in [7, 11) is -0.954. The van der Waals surface area contributed by atoms with Crippen LogP contribution in [0, 0.1) is 5.41 Å². The first kappa shape index (κ1) is 42.8. The van der Waals surface area contributed by atoms with E-state index in [1.165, 1.54) is 20.3 Å². The van der Waals surface area contributed by atoms with Gasteiger partial charge in [-0.25, -0.2) is 17.4 Å². The SMILES string of the molecule is CN1CC(c2cc(CCc3ccc(Cl)s3)n(C(=O)C(C)(C)C)n2)C1.CS(=O)(=O)N1CC(c2cc(CCc3ccc(Cl)s3)[nH]n2)C1.O=CO[O-].[Na+]. The molecule has 4 aromatic heterocycles. The second kappa shape index (κ2) is 18.9. The topological polar surface area (TPSA) is 154 Å². The Morgan fingerprint density at radius 3 is 1.98 bits per heavy atom. The Labute approximate surface area is 333 Å². The minimum atomic E-state index is -3.06. The van der Waals surface area contributed by atoms with Crippen molar-refractivity contribution in [2.24, 2.45) is 5.41 Å². The average Bonchev–Trinajstić information content (AvgIpc) is 3.80. The van der Waals surface area contributed by atoms with E-state index >= 15 is 0 Å². The number of aromatic nitrogens is 4.